The molecule has 5 nitrogen and oxygen atoms in total. The van der Waals surface area contributed by atoms with Crippen molar-refractivity contribution in [3.63, 3.8) is 0 Å². The highest BCUT2D eigenvalue weighted by Gasteiger charge is 2.35. The van der Waals surface area contributed by atoms with Crippen LogP contribution in [-0.4, -0.2) is 26.1 Å². The highest BCUT2D eigenvalue weighted by Crippen LogP contribution is 2.30. The van der Waals surface area contributed by atoms with Crippen molar-refractivity contribution in [3.05, 3.63) is 24.3 Å². The molecule has 3 rings (SSSR count). The maximum atomic E-state index is 11.8. The minimum absolute atomic E-state index is 0.141. The highest BCUT2D eigenvalue weighted by atomic mass is 32.2. The number of benzene rings is 1. The normalized spacial score (nSPS) is 20.0. The molecule has 1 saturated carbocycles. The van der Waals surface area contributed by atoms with Crippen LogP contribution in [0.15, 0.2) is 24.3 Å². The Kier molecular flexibility index (Phi) is 3.41. The topological polar surface area (TPSA) is 66.5 Å². The van der Waals surface area contributed by atoms with E-state index < -0.39 is 10.0 Å². The van der Waals surface area contributed by atoms with E-state index in [0.29, 0.717) is 12.1 Å². The fraction of sp³-hybridized carbons (Fsp3) is 0.500. The van der Waals surface area contributed by atoms with Gasteiger partial charge in [0.15, 0.2) is 0 Å². The van der Waals surface area contributed by atoms with Crippen LogP contribution in [0.5, 0.6) is 0 Å². The van der Waals surface area contributed by atoms with E-state index in [0.717, 1.165) is 37.9 Å². The Morgan fingerprint density at radius 3 is 2.40 bits per heavy atom. The van der Waals surface area contributed by atoms with Crippen LogP contribution in [-0.2, 0) is 14.8 Å². The smallest absolute Gasteiger partial charge is 0.235 e. The highest BCUT2D eigenvalue weighted by molar-refractivity contribution is 7.93. The number of rotatable bonds is 4. The van der Waals surface area contributed by atoms with Crippen LogP contribution in [0.4, 0.5) is 11.4 Å². The van der Waals surface area contributed by atoms with Crippen LogP contribution in [0, 0.1) is 0 Å². The second-order valence-electron chi connectivity index (χ2n) is 5.40. The van der Waals surface area contributed by atoms with Gasteiger partial charge in [0.05, 0.1) is 5.25 Å². The third-order valence-corrected chi connectivity index (χ3v) is 5.60. The van der Waals surface area contributed by atoms with Crippen LogP contribution in [0.25, 0.3) is 0 Å². The van der Waals surface area contributed by atoms with Crippen LogP contribution >= 0.6 is 0 Å². The molecule has 0 spiro atoms. The summed E-state index contributed by atoms with van der Waals surface area (Å²) in [5.74, 6) is 0.141. The number of piperidine rings is 1. The Morgan fingerprint density at radius 1 is 1.10 bits per heavy atom. The summed E-state index contributed by atoms with van der Waals surface area (Å²) in [4.78, 5) is 13.6. The minimum Gasteiger partial charge on any atom is -0.312 e. The SMILES string of the molecule is O=C1CCCCN1c1ccc(NS(=O)(=O)C2CC2)cc1. The lowest BCUT2D eigenvalue weighted by molar-refractivity contribution is -0.119. The third-order valence-electron chi connectivity index (χ3n) is 3.73. The van der Waals surface area contributed by atoms with Gasteiger partial charge in [-0.3, -0.25) is 9.52 Å². The van der Waals surface area contributed by atoms with E-state index in [1.54, 1.807) is 29.2 Å². The molecule has 0 unspecified atom stereocenters. The molecule has 1 aliphatic carbocycles. The number of hydrogen-bond donors (Lipinski definition) is 1. The van der Waals surface area contributed by atoms with Gasteiger partial charge in [-0.25, -0.2) is 8.42 Å². The number of carbonyl (C=O) groups excluding carboxylic acids is 1. The van der Waals surface area contributed by atoms with Gasteiger partial charge >= 0.3 is 0 Å². The average Bonchev–Trinajstić information content (AvgIpc) is 3.25. The summed E-state index contributed by atoms with van der Waals surface area (Å²) in [7, 11) is -3.22. The summed E-state index contributed by atoms with van der Waals surface area (Å²) in [5, 5.41) is -0.231. The molecule has 20 heavy (non-hydrogen) atoms. The van der Waals surface area contributed by atoms with Crippen molar-refractivity contribution in [2.45, 2.75) is 37.4 Å². The Morgan fingerprint density at radius 2 is 1.80 bits per heavy atom. The molecule has 0 bridgehead atoms. The molecule has 1 saturated heterocycles. The molecule has 0 aromatic heterocycles. The summed E-state index contributed by atoms with van der Waals surface area (Å²) in [6.45, 7) is 0.742. The lowest BCUT2D eigenvalue weighted by atomic mass is 10.1. The monoisotopic (exact) mass is 294 g/mol. The number of amides is 1. The van der Waals surface area contributed by atoms with E-state index in [4.69, 9.17) is 0 Å². The summed E-state index contributed by atoms with van der Waals surface area (Å²) >= 11 is 0. The van der Waals surface area contributed by atoms with Gasteiger partial charge in [0, 0.05) is 24.3 Å². The third kappa shape index (κ3) is 2.80. The molecule has 1 aromatic carbocycles. The Bertz CT molecular complexity index is 606. The van der Waals surface area contributed by atoms with Crippen LogP contribution in [0.2, 0.25) is 0 Å². The molecule has 6 heteroatoms. The quantitative estimate of drug-likeness (QED) is 0.925. The molecule has 1 amide bonds. The summed E-state index contributed by atoms with van der Waals surface area (Å²) in [5.41, 5.74) is 1.40. The van der Waals surface area contributed by atoms with E-state index in [2.05, 4.69) is 4.72 Å². The van der Waals surface area contributed by atoms with Gasteiger partial charge in [-0.15, -0.1) is 0 Å². The maximum Gasteiger partial charge on any atom is 0.235 e. The lowest BCUT2D eigenvalue weighted by Crippen LogP contribution is -2.35. The van der Waals surface area contributed by atoms with Crippen LogP contribution < -0.4 is 9.62 Å². The molecular weight excluding hydrogens is 276 g/mol. The average molecular weight is 294 g/mol. The Balaban J connectivity index is 1.72. The fourth-order valence-corrected chi connectivity index (χ4v) is 3.80. The summed E-state index contributed by atoms with van der Waals surface area (Å²) < 4.78 is 26.2. The zero-order valence-electron chi connectivity index (χ0n) is 11.2. The zero-order valence-corrected chi connectivity index (χ0v) is 12.0. The van der Waals surface area contributed by atoms with Crippen LogP contribution in [0.1, 0.15) is 32.1 Å². The molecular formula is C14H18N2O3S. The van der Waals surface area contributed by atoms with Crippen molar-refractivity contribution in [2.75, 3.05) is 16.2 Å². The van der Waals surface area contributed by atoms with E-state index in [1.165, 1.54) is 0 Å². The molecule has 108 valence electrons. The van der Waals surface area contributed by atoms with Crippen molar-refractivity contribution in [1.82, 2.24) is 0 Å². The Hall–Kier alpha value is -1.56. The number of anilines is 2. The number of sulfonamides is 1. The predicted octanol–water partition coefficient (Wildman–Crippen LogP) is 2.11. The number of hydrogen-bond acceptors (Lipinski definition) is 3. The first-order valence-corrected chi connectivity index (χ1v) is 8.53. The van der Waals surface area contributed by atoms with Crippen molar-refractivity contribution in [3.8, 4) is 0 Å². The summed E-state index contributed by atoms with van der Waals surface area (Å²) in [6.07, 6.45) is 4.05. The first kappa shape index (κ1) is 13.4. The lowest BCUT2D eigenvalue weighted by Gasteiger charge is -2.26. The minimum atomic E-state index is -3.22. The molecule has 0 atom stereocenters. The van der Waals surface area contributed by atoms with Gasteiger partial charge in [0.25, 0.3) is 0 Å². The van der Waals surface area contributed by atoms with Crippen molar-refractivity contribution < 1.29 is 13.2 Å². The van der Waals surface area contributed by atoms with E-state index >= 15 is 0 Å². The molecule has 2 aliphatic rings. The van der Waals surface area contributed by atoms with Gasteiger partial charge in [-0.2, -0.15) is 0 Å². The standard InChI is InChI=1S/C14H18N2O3S/c17-14-3-1-2-10-16(14)12-6-4-11(5-7-12)15-20(18,19)13-8-9-13/h4-7,13,15H,1-3,8-10H2. The molecule has 0 radical (unpaired) electrons. The molecule has 2 fully saturated rings. The van der Waals surface area contributed by atoms with E-state index in [1.807, 2.05) is 0 Å². The second-order valence-corrected chi connectivity index (χ2v) is 7.36. The second kappa shape index (κ2) is 5.09. The summed E-state index contributed by atoms with van der Waals surface area (Å²) in [6, 6.07) is 7.04. The van der Waals surface area contributed by atoms with Crippen LogP contribution in [0.3, 0.4) is 0 Å². The first-order chi connectivity index (χ1) is 9.56. The predicted molar refractivity (Wildman–Crippen MR) is 78.2 cm³/mol. The number of carbonyl (C=O) groups is 1. The van der Waals surface area contributed by atoms with Gasteiger partial charge < -0.3 is 4.90 Å². The van der Waals surface area contributed by atoms with Crippen molar-refractivity contribution >= 4 is 27.3 Å². The van der Waals surface area contributed by atoms with Gasteiger partial charge in [-0.1, -0.05) is 0 Å². The molecule has 1 aromatic rings. The number of nitrogens with zero attached hydrogens (tertiary/aromatic N) is 1. The van der Waals surface area contributed by atoms with E-state index in [-0.39, 0.29) is 11.2 Å². The van der Waals surface area contributed by atoms with Gasteiger partial charge in [0.2, 0.25) is 15.9 Å². The Labute approximate surface area is 119 Å². The molecule has 1 aliphatic heterocycles. The van der Waals surface area contributed by atoms with Gasteiger partial charge in [-0.05, 0) is 49.9 Å². The largest absolute Gasteiger partial charge is 0.312 e. The van der Waals surface area contributed by atoms with Gasteiger partial charge in [0.1, 0.15) is 0 Å². The van der Waals surface area contributed by atoms with E-state index in [9.17, 15) is 13.2 Å². The fourth-order valence-electron chi connectivity index (χ4n) is 2.41. The van der Waals surface area contributed by atoms with Crippen molar-refractivity contribution in [1.29, 1.82) is 0 Å². The van der Waals surface area contributed by atoms with Crippen molar-refractivity contribution in [2.24, 2.45) is 0 Å². The molecule has 1 heterocycles. The maximum absolute atomic E-state index is 11.8. The molecule has 1 N–H and O–H groups in total. The first-order valence-electron chi connectivity index (χ1n) is 6.98. The zero-order chi connectivity index (χ0) is 14.2. The number of nitrogens with one attached hydrogen (secondary N) is 1.